The molecule has 2 aromatic heterocycles. The van der Waals surface area contributed by atoms with Gasteiger partial charge in [0, 0.05) is 38.8 Å². The third kappa shape index (κ3) is 2.86. The lowest BCUT2D eigenvalue weighted by molar-refractivity contribution is 0.0739. The molecule has 0 unspecified atom stereocenters. The number of nitrogens with zero attached hydrogens (tertiary/aromatic N) is 5. The number of rotatable bonds is 3. The standard InChI is InChI=1S/C14H17N5O2/c1-2-12-16-17-14(21-12)19-9-7-18(8-10-19)13(20)11-5-3-4-6-15-11/h3-6H,2,7-10H2,1H3. The second-order valence-corrected chi connectivity index (χ2v) is 4.83. The van der Waals surface area contributed by atoms with Gasteiger partial charge in [-0.15, -0.1) is 5.10 Å². The Kier molecular flexibility index (Phi) is 3.81. The minimum absolute atomic E-state index is 0.0324. The van der Waals surface area contributed by atoms with Crippen molar-refractivity contribution in [2.24, 2.45) is 0 Å². The zero-order valence-electron chi connectivity index (χ0n) is 11.9. The van der Waals surface area contributed by atoms with Crippen LogP contribution in [0.4, 0.5) is 6.01 Å². The molecule has 0 saturated carbocycles. The van der Waals surface area contributed by atoms with Crippen LogP contribution in [-0.2, 0) is 6.42 Å². The molecule has 21 heavy (non-hydrogen) atoms. The van der Waals surface area contributed by atoms with Gasteiger partial charge in [-0.2, -0.15) is 0 Å². The van der Waals surface area contributed by atoms with E-state index >= 15 is 0 Å². The van der Waals surface area contributed by atoms with Crippen LogP contribution in [0.25, 0.3) is 0 Å². The van der Waals surface area contributed by atoms with E-state index in [1.54, 1.807) is 23.2 Å². The number of aromatic nitrogens is 3. The molecule has 3 heterocycles. The predicted molar refractivity (Wildman–Crippen MR) is 76.0 cm³/mol. The fourth-order valence-corrected chi connectivity index (χ4v) is 2.27. The maximum atomic E-state index is 12.3. The van der Waals surface area contributed by atoms with Gasteiger partial charge in [0.2, 0.25) is 5.89 Å². The molecular formula is C14H17N5O2. The summed E-state index contributed by atoms with van der Waals surface area (Å²) in [6.45, 7) is 4.59. The number of piperazine rings is 1. The van der Waals surface area contributed by atoms with Gasteiger partial charge in [-0.1, -0.05) is 18.1 Å². The molecule has 0 aliphatic carbocycles. The van der Waals surface area contributed by atoms with E-state index in [1.807, 2.05) is 17.9 Å². The molecule has 0 atom stereocenters. The van der Waals surface area contributed by atoms with Crippen molar-refractivity contribution < 1.29 is 9.21 Å². The lowest BCUT2D eigenvalue weighted by Gasteiger charge is -2.33. The monoisotopic (exact) mass is 287 g/mol. The molecule has 0 aromatic carbocycles. The smallest absolute Gasteiger partial charge is 0.318 e. The normalized spacial score (nSPS) is 15.3. The third-order valence-corrected chi connectivity index (χ3v) is 3.48. The summed E-state index contributed by atoms with van der Waals surface area (Å²) in [6.07, 6.45) is 2.36. The van der Waals surface area contributed by atoms with E-state index in [0.29, 0.717) is 43.8 Å². The number of carbonyl (C=O) groups excluding carboxylic acids is 1. The van der Waals surface area contributed by atoms with Gasteiger partial charge in [-0.25, -0.2) is 0 Å². The van der Waals surface area contributed by atoms with Crippen LogP contribution in [0.1, 0.15) is 23.3 Å². The molecular weight excluding hydrogens is 270 g/mol. The van der Waals surface area contributed by atoms with E-state index in [-0.39, 0.29) is 5.91 Å². The molecule has 1 aliphatic rings. The van der Waals surface area contributed by atoms with Crippen LogP contribution in [0.15, 0.2) is 28.8 Å². The van der Waals surface area contributed by atoms with Gasteiger partial charge < -0.3 is 14.2 Å². The summed E-state index contributed by atoms with van der Waals surface area (Å²) in [5.41, 5.74) is 0.483. The van der Waals surface area contributed by atoms with Crippen molar-refractivity contribution >= 4 is 11.9 Å². The highest BCUT2D eigenvalue weighted by atomic mass is 16.4. The van der Waals surface area contributed by atoms with Crippen molar-refractivity contribution in [3.8, 4) is 0 Å². The Balaban J connectivity index is 1.61. The number of carbonyl (C=O) groups is 1. The molecule has 7 heteroatoms. The van der Waals surface area contributed by atoms with Gasteiger partial charge in [0.25, 0.3) is 5.91 Å². The SMILES string of the molecule is CCc1nnc(N2CCN(C(=O)c3ccccn3)CC2)o1. The first-order valence-corrected chi connectivity index (χ1v) is 7.05. The maximum absolute atomic E-state index is 12.3. The van der Waals surface area contributed by atoms with Crippen LogP contribution in [0, 0.1) is 0 Å². The fraction of sp³-hybridized carbons (Fsp3) is 0.429. The van der Waals surface area contributed by atoms with Gasteiger partial charge in [0.15, 0.2) is 0 Å². The molecule has 3 rings (SSSR count). The quantitative estimate of drug-likeness (QED) is 0.838. The molecule has 2 aromatic rings. The molecule has 1 aliphatic heterocycles. The van der Waals surface area contributed by atoms with Crippen molar-refractivity contribution in [3.05, 3.63) is 36.0 Å². The first kappa shape index (κ1) is 13.5. The van der Waals surface area contributed by atoms with Gasteiger partial charge in [-0.3, -0.25) is 9.78 Å². The molecule has 0 N–H and O–H groups in total. The predicted octanol–water partition coefficient (Wildman–Crippen LogP) is 0.989. The molecule has 0 radical (unpaired) electrons. The van der Waals surface area contributed by atoms with Gasteiger partial charge in [0.05, 0.1) is 0 Å². The van der Waals surface area contributed by atoms with E-state index in [9.17, 15) is 4.79 Å². The largest absolute Gasteiger partial charge is 0.408 e. The summed E-state index contributed by atoms with van der Waals surface area (Å²) >= 11 is 0. The Morgan fingerprint density at radius 1 is 1.24 bits per heavy atom. The van der Waals surface area contributed by atoms with Crippen molar-refractivity contribution in [2.75, 3.05) is 31.1 Å². The van der Waals surface area contributed by atoms with E-state index < -0.39 is 0 Å². The summed E-state index contributed by atoms with van der Waals surface area (Å²) < 4.78 is 5.54. The lowest BCUT2D eigenvalue weighted by Crippen LogP contribution is -2.49. The van der Waals surface area contributed by atoms with Gasteiger partial charge in [-0.05, 0) is 12.1 Å². The average molecular weight is 287 g/mol. The highest BCUT2D eigenvalue weighted by Crippen LogP contribution is 2.15. The third-order valence-electron chi connectivity index (χ3n) is 3.48. The van der Waals surface area contributed by atoms with Crippen molar-refractivity contribution in [2.45, 2.75) is 13.3 Å². The number of hydrogen-bond acceptors (Lipinski definition) is 6. The summed E-state index contributed by atoms with van der Waals surface area (Å²) in [4.78, 5) is 20.2. The Bertz CT molecular complexity index is 605. The number of amides is 1. The molecule has 1 fully saturated rings. The second kappa shape index (κ2) is 5.90. The first-order valence-electron chi connectivity index (χ1n) is 7.05. The summed E-state index contributed by atoms with van der Waals surface area (Å²) in [5.74, 6) is 0.604. The number of anilines is 1. The Labute approximate surface area is 122 Å². The first-order chi connectivity index (χ1) is 10.3. The molecule has 1 saturated heterocycles. The zero-order chi connectivity index (χ0) is 14.7. The van der Waals surface area contributed by atoms with E-state index in [2.05, 4.69) is 15.2 Å². The van der Waals surface area contributed by atoms with Gasteiger partial charge >= 0.3 is 6.01 Å². The van der Waals surface area contributed by atoms with E-state index in [1.165, 1.54) is 0 Å². The van der Waals surface area contributed by atoms with Crippen LogP contribution >= 0.6 is 0 Å². The molecule has 0 spiro atoms. The molecule has 110 valence electrons. The average Bonchev–Trinajstić information content (AvgIpc) is 3.04. The number of pyridine rings is 1. The van der Waals surface area contributed by atoms with Crippen LogP contribution in [-0.4, -0.2) is 52.2 Å². The molecule has 1 amide bonds. The van der Waals surface area contributed by atoms with Crippen LogP contribution in [0.5, 0.6) is 0 Å². The summed E-state index contributed by atoms with van der Waals surface area (Å²) in [7, 11) is 0. The van der Waals surface area contributed by atoms with Crippen molar-refractivity contribution in [1.29, 1.82) is 0 Å². The van der Waals surface area contributed by atoms with E-state index in [0.717, 1.165) is 6.42 Å². The fourth-order valence-electron chi connectivity index (χ4n) is 2.27. The van der Waals surface area contributed by atoms with E-state index in [4.69, 9.17) is 4.42 Å². The second-order valence-electron chi connectivity index (χ2n) is 4.83. The number of hydrogen-bond donors (Lipinski definition) is 0. The highest BCUT2D eigenvalue weighted by molar-refractivity contribution is 5.92. The maximum Gasteiger partial charge on any atom is 0.318 e. The number of aryl methyl sites for hydroxylation is 1. The summed E-state index contributed by atoms with van der Waals surface area (Å²) in [5, 5.41) is 7.99. The van der Waals surface area contributed by atoms with Crippen LogP contribution in [0.2, 0.25) is 0 Å². The van der Waals surface area contributed by atoms with Crippen LogP contribution < -0.4 is 4.90 Å². The van der Waals surface area contributed by atoms with Crippen LogP contribution in [0.3, 0.4) is 0 Å². The van der Waals surface area contributed by atoms with Gasteiger partial charge in [0.1, 0.15) is 5.69 Å². The van der Waals surface area contributed by atoms with Crippen molar-refractivity contribution in [3.63, 3.8) is 0 Å². The minimum atomic E-state index is -0.0324. The minimum Gasteiger partial charge on any atom is -0.408 e. The molecule has 7 nitrogen and oxygen atoms in total. The Hall–Kier alpha value is -2.44. The van der Waals surface area contributed by atoms with Crippen molar-refractivity contribution in [1.82, 2.24) is 20.1 Å². The Morgan fingerprint density at radius 3 is 2.67 bits per heavy atom. The molecule has 0 bridgehead atoms. The zero-order valence-corrected chi connectivity index (χ0v) is 11.9. The summed E-state index contributed by atoms with van der Waals surface area (Å²) in [6, 6.07) is 5.90. The lowest BCUT2D eigenvalue weighted by atomic mass is 10.2. The topological polar surface area (TPSA) is 75.4 Å². The Morgan fingerprint density at radius 2 is 2.05 bits per heavy atom. The highest BCUT2D eigenvalue weighted by Gasteiger charge is 2.25.